The lowest BCUT2D eigenvalue weighted by atomic mass is 10.0. The second-order valence-corrected chi connectivity index (χ2v) is 5.68. The Bertz CT molecular complexity index is 251. The van der Waals surface area contributed by atoms with Crippen LogP contribution in [0.5, 0.6) is 0 Å². The lowest BCUT2D eigenvalue weighted by molar-refractivity contribution is 0.613. The zero-order valence-electron chi connectivity index (χ0n) is 7.93. The number of halogens is 2. The molecule has 1 rings (SSSR count). The van der Waals surface area contributed by atoms with Crippen LogP contribution in [0.2, 0.25) is 0 Å². The van der Waals surface area contributed by atoms with Crippen molar-refractivity contribution in [3.8, 4) is 0 Å². The van der Waals surface area contributed by atoms with Gasteiger partial charge >= 0.3 is 0 Å². The minimum Gasteiger partial charge on any atom is -0.0884 e. The second kappa shape index (κ2) is 5.16. The van der Waals surface area contributed by atoms with Crippen LogP contribution in [0.3, 0.4) is 0 Å². The van der Waals surface area contributed by atoms with E-state index >= 15 is 0 Å². The monoisotopic (exact) mass is 304 g/mol. The molecule has 1 atom stereocenters. The Morgan fingerprint density at radius 2 is 1.69 bits per heavy atom. The Morgan fingerprint density at radius 1 is 1.15 bits per heavy atom. The van der Waals surface area contributed by atoms with E-state index < -0.39 is 0 Å². The summed E-state index contributed by atoms with van der Waals surface area (Å²) in [5, 5.41) is 0. The highest BCUT2D eigenvalue weighted by molar-refractivity contribution is 9.10. The van der Waals surface area contributed by atoms with Gasteiger partial charge in [-0.15, -0.1) is 0 Å². The van der Waals surface area contributed by atoms with E-state index in [1.54, 1.807) is 0 Å². The lowest BCUT2D eigenvalue weighted by Gasteiger charge is -2.13. The molecule has 0 spiro atoms. The Hall–Kier alpha value is 0.180. The van der Waals surface area contributed by atoms with E-state index in [2.05, 4.69) is 70.0 Å². The average molecular weight is 306 g/mol. The van der Waals surface area contributed by atoms with E-state index in [0.717, 1.165) is 10.9 Å². The van der Waals surface area contributed by atoms with E-state index in [9.17, 15) is 0 Å². The van der Waals surface area contributed by atoms with E-state index in [1.807, 2.05) is 0 Å². The van der Waals surface area contributed by atoms with Gasteiger partial charge in [0.1, 0.15) is 0 Å². The van der Waals surface area contributed by atoms with Gasteiger partial charge in [-0.25, -0.2) is 0 Å². The summed E-state index contributed by atoms with van der Waals surface area (Å²) in [5.41, 5.74) is 1.39. The van der Waals surface area contributed by atoms with E-state index in [1.165, 1.54) is 5.56 Å². The third kappa shape index (κ3) is 3.82. The molecule has 0 nitrogen and oxygen atoms in total. The molecule has 0 bridgehead atoms. The van der Waals surface area contributed by atoms with Gasteiger partial charge in [-0.05, 0) is 30.0 Å². The van der Waals surface area contributed by atoms with Gasteiger partial charge in [-0.1, -0.05) is 57.8 Å². The molecule has 0 saturated carbocycles. The first-order chi connectivity index (χ1) is 6.09. The van der Waals surface area contributed by atoms with E-state index in [4.69, 9.17) is 0 Å². The molecule has 0 aliphatic rings. The first-order valence-corrected chi connectivity index (χ1v) is 6.19. The normalized spacial score (nSPS) is 13.3. The largest absolute Gasteiger partial charge is 0.0884 e. The van der Waals surface area contributed by atoms with Crippen LogP contribution in [0, 0.1) is 5.92 Å². The maximum atomic E-state index is 3.69. The van der Waals surface area contributed by atoms with Crippen molar-refractivity contribution in [1.29, 1.82) is 0 Å². The minimum absolute atomic E-state index is 0.577. The number of benzene rings is 1. The summed E-state index contributed by atoms with van der Waals surface area (Å²) >= 11 is 7.11. The number of hydrogen-bond acceptors (Lipinski definition) is 0. The Balaban J connectivity index is 2.59. The van der Waals surface area contributed by atoms with Crippen LogP contribution in [0.15, 0.2) is 28.7 Å². The maximum Gasteiger partial charge on any atom is 0.0209 e. The highest BCUT2D eigenvalue weighted by Gasteiger charge is 2.09. The molecule has 1 aromatic rings. The summed E-state index contributed by atoms with van der Waals surface area (Å²) in [4.78, 5) is 0.577. The summed E-state index contributed by atoms with van der Waals surface area (Å²) in [7, 11) is 0. The molecule has 0 N–H and O–H groups in total. The molecule has 1 unspecified atom stereocenters. The van der Waals surface area contributed by atoms with Crippen molar-refractivity contribution in [2.75, 3.05) is 0 Å². The average Bonchev–Trinajstić information content (AvgIpc) is 2.08. The predicted molar refractivity (Wildman–Crippen MR) is 65.4 cm³/mol. The van der Waals surface area contributed by atoms with Crippen LogP contribution in [0.1, 0.15) is 19.4 Å². The molecule has 0 fully saturated rings. The quantitative estimate of drug-likeness (QED) is 0.726. The highest BCUT2D eigenvalue weighted by atomic mass is 79.9. The second-order valence-electron chi connectivity index (χ2n) is 3.59. The third-order valence-corrected chi connectivity index (χ3v) is 3.98. The molecule has 0 radical (unpaired) electrons. The smallest absolute Gasteiger partial charge is 0.0209 e. The van der Waals surface area contributed by atoms with Crippen molar-refractivity contribution >= 4 is 31.9 Å². The molecule has 0 amide bonds. The SMILES string of the molecule is CC(C)C(Br)Cc1ccc(Br)cc1. The van der Waals surface area contributed by atoms with Gasteiger partial charge in [-0.3, -0.25) is 0 Å². The number of rotatable bonds is 3. The molecule has 0 aliphatic heterocycles. The molecule has 13 heavy (non-hydrogen) atoms. The van der Waals surface area contributed by atoms with E-state index in [0.29, 0.717) is 10.7 Å². The lowest BCUT2D eigenvalue weighted by Crippen LogP contribution is -2.10. The van der Waals surface area contributed by atoms with Gasteiger partial charge in [0.25, 0.3) is 0 Å². The molecule has 0 heterocycles. The zero-order chi connectivity index (χ0) is 9.84. The van der Waals surface area contributed by atoms with Gasteiger partial charge in [0.05, 0.1) is 0 Å². The first-order valence-electron chi connectivity index (χ1n) is 4.48. The Kier molecular flexibility index (Phi) is 4.47. The molecule has 72 valence electrons. The minimum atomic E-state index is 0.577. The van der Waals surface area contributed by atoms with Crippen molar-refractivity contribution in [2.24, 2.45) is 5.92 Å². The third-order valence-electron chi connectivity index (χ3n) is 2.07. The maximum absolute atomic E-state index is 3.69. The van der Waals surface area contributed by atoms with Crippen LogP contribution in [-0.2, 0) is 6.42 Å². The summed E-state index contributed by atoms with van der Waals surface area (Å²) in [6.45, 7) is 4.47. The number of alkyl halides is 1. The van der Waals surface area contributed by atoms with Crippen molar-refractivity contribution in [3.05, 3.63) is 34.3 Å². The molecule has 0 saturated heterocycles. The molecule has 1 aromatic carbocycles. The summed E-state index contributed by atoms with van der Waals surface area (Å²) in [5.74, 6) is 0.684. The van der Waals surface area contributed by atoms with Crippen molar-refractivity contribution in [2.45, 2.75) is 25.1 Å². The summed E-state index contributed by atoms with van der Waals surface area (Å²) < 4.78 is 1.15. The van der Waals surface area contributed by atoms with E-state index in [-0.39, 0.29) is 0 Å². The Labute approximate surface area is 97.0 Å². The fraction of sp³-hybridized carbons (Fsp3) is 0.455. The van der Waals surface area contributed by atoms with Crippen molar-refractivity contribution in [3.63, 3.8) is 0 Å². The zero-order valence-corrected chi connectivity index (χ0v) is 11.1. The predicted octanol–water partition coefficient (Wildman–Crippen LogP) is 4.41. The summed E-state index contributed by atoms with van der Waals surface area (Å²) in [6, 6.07) is 8.52. The van der Waals surface area contributed by atoms with Crippen LogP contribution in [-0.4, -0.2) is 4.83 Å². The molecular weight excluding hydrogens is 292 g/mol. The fourth-order valence-electron chi connectivity index (χ4n) is 1.08. The van der Waals surface area contributed by atoms with Gasteiger partial charge in [-0.2, -0.15) is 0 Å². The van der Waals surface area contributed by atoms with Gasteiger partial charge in [0.15, 0.2) is 0 Å². The first kappa shape index (κ1) is 11.3. The molecule has 2 heteroatoms. The van der Waals surface area contributed by atoms with Crippen molar-refractivity contribution in [1.82, 2.24) is 0 Å². The topological polar surface area (TPSA) is 0 Å². The molecule has 0 aliphatic carbocycles. The fourth-order valence-corrected chi connectivity index (χ4v) is 1.72. The van der Waals surface area contributed by atoms with Gasteiger partial charge < -0.3 is 0 Å². The molecule has 0 aromatic heterocycles. The Morgan fingerprint density at radius 3 is 2.15 bits per heavy atom. The molecular formula is C11H14Br2. The van der Waals surface area contributed by atoms with Crippen LogP contribution >= 0.6 is 31.9 Å². The van der Waals surface area contributed by atoms with Gasteiger partial charge in [0, 0.05) is 9.30 Å². The standard InChI is InChI=1S/C11H14Br2/c1-8(2)11(13)7-9-3-5-10(12)6-4-9/h3-6,8,11H,7H2,1-2H3. The number of hydrogen-bond donors (Lipinski definition) is 0. The van der Waals surface area contributed by atoms with Crippen LogP contribution < -0.4 is 0 Å². The van der Waals surface area contributed by atoms with Gasteiger partial charge in [0.2, 0.25) is 0 Å². The summed E-state index contributed by atoms with van der Waals surface area (Å²) in [6.07, 6.45) is 1.10. The highest BCUT2D eigenvalue weighted by Crippen LogP contribution is 2.19. The van der Waals surface area contributed by atoms with Crippen molar-refractivity contribution < 1.29 is 0 Å². The van der Waals surface area contributed by atoms with Crippen LogP contribution in [0.4, 0.5) is 0 Å². The van der Waals surface area contributed by atoms with Crippen LogP contribution in [0.25, 0.3) is 0 Å².